The van der Waals surface area contributed by atoms with Crippen LogP contribution >= 0.6 is 0 Å². The van der Waals surface area contributed by atoms with Crippen molar-refractivity contribution in [1.82, 2.24) is 5.32 Å². The highest BCUT2D eigenvalue weighted by Crippen LogP contribution is 2.25. The molecular formula is C10H20N2O2. The van der Waals surface area contributed by atoms with Gasteiger partial charge in [0.2, 0.25) is 5.91 Å². The Labute approximate surface area is 85.2 Å². The van der Waals surface area contributed by atoms with Gasteiger partial charge in [-0.3, -0.25) is 4.79 Å². The minimum atomic E-state index is -0.0420. The van der Waals surface area contributed by atoms with Crippen molar-refractivity contribution in [3.8, 4) is 0 Å². The van der Waals surface area contributed by atoms with E-state index in [0.717, 1.165) is 19.6 Å². The number of hydrogen-bond acceptors (Lipinski definition) is 3. The fourth-order valence-electron chi connectivity index (χ4n) is 1.46. The van der Waals surface area contributed by atoms with E-state index in [1.54, 1.807) is 0 Å². The van der Waals surface area contributed by atoms with Gasteiger partial charge in [-0.1, -0.05) is 13.8 Å². The van der Waals surface area contributed by atoms with Gasteiger partial charge >= 0.3 is 0 Å². The summed E-state index contributed by atoms with van der Waals surface area (Å²) in [7, 11) is 0. The maximum Gasteiger partial charge on any atom is 0.224 e. The van der Waals surface area contributed by atoms with Gasteiger partial charge < -0.3 is 15.8 Å². The van der Waals surface area contributed by atoms with Crippen LogP contribution in [-0.2, 0) is 9.53 Å². The van der Waals surface area contributed by atoms with E-state index in [0.29, 0.717) is 13.1 Å². The molecule has 1 unspecified atom stereocenters. The van der Waals surface area contributed by atoms with Crippen LogP contribution in [0.1, 0.15) is 20.3 Å². The highest BCUT2D eigenvalue weighted by molar-refractivity contribution is 5.78. The van der Waals surface area contributed by atoms with Crippen molar-refractivity contribution in [2.75, 3.05) is 26.3 Å². The lowest BCUT2D eigenvalue weighted by atomic mass is 9.88. The molecule has 1 rings (SSSR count). The summed E-state index contributed by atoms with van der Waals surface area (Å²) in [5.74, 6) is 0.0303. The molecule has 0 aromatic rings. The predicted octanol–water partition coefficient (Wildman–Crippen LogP) is 0.124. The van der Waals surface area contributed by atoms with Gasteiger partial charge in [0.25, 0.3) is 0 Å². The standard InChI is InChI=1S/C10H20N2O2/c1-3-8(4-11)9(13)12-5-10(2)6-14-7-10/h8H,3-7,11H2,1-2H3,(H,12,13). The van der Waals surface area contributed by atoms with Gasteiger partial charge in [-0.25, -0.2) is 0 Å². The Kier molecular flexibility index (Phi) is 3.89. The number of amides is 1. The minimum absolute atomic E-state index is 0.0420. The summed E-state index contributed by atoms with van der Waals surface area (Å²) in [6, 6.07) is 0. The molecule has 0 aromatic carbocycles. The van der Waals surface area contributed by atoms with Crippen LogP contribution in [0.15, 0.2) is 0 Å². The maximum atomic E-state index is 11.6. The van der Waals surface area contributed by atoms with Crippen molar-refractivity contribution in [3.63, 3.8) is 0 Å². The second-order valence-electron chi connectivity index (χ2n) is 4.36. The lowest BCUT2D eigenvalue weighted by Crippen LogP contribution is -2.50. The molecule has 0 radical (unpaired) electrons. The van der Waals surface area contributed by atoms with Crippen LogP contribution in [0.4, 0.5) is 0 Å². The molecule has 4 heteroatoms. The molecule has 0 spiro atoms. The third-order valence-electron chi connectivity index (χ3n) is 2.74. The van der Waals surface area contributed by atoms with E-state index < -0.39 is 0 Å². The number of ether oxygens (including phenoxy) is 1. The molecule has 3 N–H and O–H groups in total. The molecule has 0 bridgehead atoms. The quantitative estimate of drug-likeness (QED) is 0.662. The summed E-state index contributed by atoms with van der Waals surface area (Å²) in [4.78, 5) is 11.6. The number of nitrogens with two attached hydrogens (primary N) is 1. The van der Waals surface area contributed by atoms with Gasteiger partial charge in [-0.15, -0.1) is 0 Å². The number of rotatable bonds is 5. The first kappa shape index (κ1) is 11.5. The van der Waals surface area contributed by atoms with Crippen LogP contribution < -0.4 is 11.1 Å². The van der Waals surface area contributed by atoms with E-state index in [1.165, 1.54) is 0 Å². The largest absolute Gasteiger partial charge is 0.380 e. The Morgan fingerprint density at radius 3 is 2.64 bits per heavy atom. The van der Waals surface area contributed by atoms with Gasteiger partial charge in [0, 0.05) is 24.4 Å². The van der Waals surface area contributed by atoms with Crippen LogP contribution in [0.5, 0.6) is 0 Å². The lowest BCUT2D eigenvalue weighted by Gasteiger charge is -2.38. The minimum Gasteiger partial charge on any atom is -0.380 e. The van der Waals surface area contributed by atoms with Crippen LogP contribution in [0.2, 0.25) is 0 Å². The number of hydrogen-bond donors (Lipinski definition) is 2. The summed E-state index contributed by atoms with van der Waals surface area (Å²) < 4.78 is 5.11. The van der Waals surface area contributed by atoms with Crippen LogP contribution in [0, 0.1) is 11.3 Å². The number of nitrogens with one attached hydrogen (secondary N) is 1. The monoisotopic (exact) mass is 200 g/mol. The molecule has 14 heavy (non-hydrogen) atoms. The molecule has 1 heterocycles. The first-order valence-electron chi connectivity index (χ1n) is 5.17. The van der Waals surface area contributed by atoms with Crippen molar-refractivity contribution >= 4 is 5.91 Å². The molecule has 1 atom stereocenters. The van der Waals surface area contributed by atoms with Crippen LogP contribution in [0.25, 0.3) is 0 Å². The molecule has 0 aromatic heterocycles. The molecule has 1 aliphatic rings. The van der Waals surface area contributed by atoms with E-state index in [9.17, 15) is 4.79 Å². The lowest BCUT2D eigenvalue weighted by molar-refractivity contribution is -0.130. The molecule has 82 valence electrons. The van der Waals surface area contributed by atoms with E-state index >= 15 is 0 Å². The molecular weight excluding hydrogens is 180 g/mol. The zero-order valence-electron chi connectivity index (χ0n) is 9.01. The van der Waals surface area contributed by atoms with Gasteiger partial charge in [0.15, 0.2) is 0 Å². The topological polar surface area (TPSA) is 64.4 Å². The average Bonchev–Trinajstić information content (AvgIpc) is 2.13. The van der Waals surface area contributed by atoms with Gasteiger partial charge in [0.1, 0.15) is 0 Å². The third kappa shape index (κ3) is 2.69. The fourth-order valence-corrected chi connectivity index (χ4v) is 1.46. The van der Waals surface area contributed by atoms with Crippen molar-refractivity contribution < 1.29 is 9.53 Å². The second kappa shape index (κ2) is 4.75. The van der Waals surface area contributed by atoms with E-state index in [4.69, 9.17) is 10.5 Å². The summed E-state index contributed by atoms with van der Waals surface area (Å²) in [6.45, 7) is 6.70. The molecule has 0 saturated carbocycles. The fraction of sp³-hybridized carbons (Fsp3) is 0.900. The van der Waals surface area contributed by atoms with Crippen LogP contribution in [-0.4, -0.2) is 32.2 Å². The zero-order chi connectivity index (χ0) is 10.6. The zero-order valence-corrected chi connectivity index (χ0v) is 9.01. The Morgan fingerprint density at radius 2 is 2.29 bits per heavy atom. The first-order valence-corrected chi connectivity index (χ1v) is 5.17. The third-order valence-corrected chi connectivity index (χ3v) is 2.74. The Hall–Kier alpha value is -0.610. The highest BCUT2D eigenvalue weighted by atomic mass is 16.5. The van der Waals surface area contributed by atoms with Crippen LogP contribution in [0.3, 0.4) is 0 Å². The van der Waals surface area contributed by atoms with E-state index in [2.05, 4.69) is 12.2 Å². The van der Waals surface area contributed by atoms with E-state index in [1.807, 2.05) is 6.92 Å². The first-order chi connectivity index (χ1) is 6.61. The average molecular weight is 200 g/mol. The normalized spacial score (nSPS) is 21.1. The Morgan fingerprint density at radius 1 is 1.64 bits per heavy atom. The molecule has 1 saturated heterocycles. The van der Waals surface area contributed by atoms with Crippen molar-refractivity contribution in [3.05, 3.63) is 0 Å². The summed E-state index contributed by atoms with van der Waals surface area (Å²) in [6.07, 6.45) is 0.801. The summed E-state index contributed by atoms with van der Waals surface area (Å²) in [5.41, 5.74) is 5.63. The van der Waals surface area contributed by atoms with Crippen molar-refractivity contribution in [2.45, 2.75) is 20.3 Å². The molecule has 0 aliphatic carbocycles. The molecule has 1 amide bonds. The van der Waals surface area contributed by atoms with Gasteiger partial charge in [-0.2, -0.15) is 0 Å². The second-order valence-corrected chi connectivity index (χ2v) is 4.36. The number of carbonyl (C=O) groups is 1. The smallest absolute Gasteiger partial charge is 0.224 e. The van der Waals surface area contributed by atoms with Crippen molar-refractivity contribution in [2.24, 2.45) is 17.1 Å². The van der Waals surface area contributed by atoms with Gasteiger partial charge in [-0.05, 0) is 6.42 Å². The SMILES string of the molecule is CCC(CN)C(=O)NCC1(C)COC1. The number of carbonyl (C=O) groups excluding carboxylic acids is 1. The van der Waals surface area contributed by atoms with Crippen molar-refractivity contribution in [1.29, 1.82) is 0 Å². The molecule has 1 aliphatic heterocycles. The summed E-state index contributed by atoms with van der Waals surface area (Å²) >= 11 is 0. The van der Waals surface area contributed by atoms with Gasteiger partial charge in [0.05, 0.1) is 13.2 Å². The molecule has 4 nitrogen and oxygen atoms in total. The predicted molar refractivity (Wildman–Crippen MR) is 54.8 cm³/mol. The Balaban J connectivity index is 2.26. The summed E-state index contributed by atoms with van der Waals surface area (Å²) in [5, 5.41) is 2.93. The maximum absolute atomic E-state index is 11.6. The Bertz CT molecular complexity index is 198. The highest BCUT2D eigenvalue weighted by Gasteiger charge is 2.33. The van der Waals surface area contributed by atoms with E-state index in [-0.39, 0.29) is 17.2 Å². The molecule has 1 fully saturated rings.